The third-order valence-corrected chi connectivity index (χ3v) is 4.15. The van der Waals surface area contributed by atoms with Gasteiger partial charge in [-0.2, -0.15) is 0 Å². The van der Waals surface area contributed by atoms with Gasteiger partial charge in [-0.3, -0.25) is 9.89 Å². The van der Waals surface area contributed by atoms with Crippen LogP contribution in [-0.4, -0.2) is 21.4 Å². The molecule has 1 aliphatic heterocycles. The lowest BCUT2D eigenvalue weighted by Gasteiger charge is -2.04. The summed E-state index contributed by atoms with van der Waals surface area (Å²) in [5, 5.41) is 3.08. The Labute approximate surface area is 132 Å². The molecule has 0 radical (unpaired) electrons. The van der Waals surface area contributed by atoms with Gasteiger partial charge in [0, 0.05) is 23.7 Å². The molecule has 0 bridgehead atoms. The van der Waals surface area contributed by atoms with E-state index in [1.807, 2.05) is 25.1 Å². The molecule has 0 spiro atoms. The van der Waals surface area contributed by atoms with Crippen LogP contribution in [0.2, 0.25) is 0 Å². The zero-order valence-corrected chi connectivity index (χ0v) is 13.0. The van der Waals surface area contributed by atoms with Crippen molar-refractivity contribution >= 4 is 5.65 Å². The molecule has 0 atom stereocenters. The lowest BCUT2D eigenvalue weighted by atomic mass is 10.1. The molecule has 0 amide bonds. The summed E-state index contributed by atoms with van der Waals surface area (Å²) in [5.41, 5.74) is 4.48. The minimum Gasteiger partial charge on any atom is -0.454 e. The minimum absolute atomic E-state index is 0.0893. The number of aromatic amines is 1. The molecule has 0 fully saturated rings. The average molecular weight is 311 g/mol. The van der Waals surface area contributed by atoms with Crippen LogP contribution in [0.1, 0.15) is 29.4 Å². The lowest BCUT2D eigenvalue weighted by molar-refractivity contribution is 0.174. The molecule has 1 aliphatic rings. The first-order valence-corrected chi connectivity index (χ1v) is 7.64. The van der Waals surface area contributed by atoms with Crippen LogP contribution in [0, 0.1) is 6.92 Å². The summed E-state index contributed by atoms with van der Waals surface area (Å²) >= 11 is 0. The van der Waals surface area contributed by atoms with Crippen LogP contribution < -0.4 is 15.0 Å². The molecule has 4 rings (SSSR count). The quantitative estimate of drug-likeness (QED) is 0.805. The Kier molecular flexibility index (Phi) is 3.11. The summed E-state index contributed by atoms with van der Waals surface area (Å²) in [6.45, 7) is 4.28. The van der Waals surface area contributed by atoms with Crippen LogP contribution in [0.3, 0.4) is 0 Å². The van der Waals surface area contributed by atoms with Crippen molar-refractivity contribution in [1.82, 2.24) is 14.6 Å². The highest BCUT2D eigenvalue weighted by molar-refractivity contribution is 5.51. The second-order valence-electron chi connectivity index (χ2n) is 5.68. The number of hydrogen-bond acceptors (Lipinski definition) is 4. The fraction of sp³-hybridized carbons (Fsp3) is 0.294. The topological polar surface area (TPSA) is 68.6 Å². The van der Waals surface area contributed by atoms with Crippen LogP contribution in [-0.2, 0) is 12.8 Å². The SMILES string of the molecule is CCc1c(C)[nH]n2c(=O)cc(Cc3ccc4c(c3)OCO4)nc12. The van der Waals surface area contributed by atoms with Gasteiger partial charge in [0.1, 0.15) is 0 Å². The van der Waals surface area contributed by atoms with E-state index in [4.69, 9.17) is 9.47 Å². The Morgan fingerprint density at radius 3 is 2.91 bits per heavy atom. The first-order chi connectivity index (χ1) is 11.2. The summed E-state index contributed by atoms with van der Waals surface area (Å²) < 4.78 is 12.2. The van der Waals surface area contributed by atoms with Crippen molar-refractivity contribution in [3.8, 4) is 11.5 Å². The summed E-state index contributed by atoms with van der Waals surface area (Å²) in [4.78, 5) is 17.0. The maximum Gasteiger partial charge on any atom is 0.272 e. The van der Waals surface area contributed by atoms with Gasteiger partial charge in [0.05, 0.1) is 5.69 Å². The van der Waals surface area contributed by atoms with Crippen LogP contribution in [0.25, 0.3) is 5.65 Å². The fourth-order valence-corrected chi connectivity index (χ4v) is 3.02. The molecule has 6 heteroatoms. The average Bonchev–Trinajstić information content (AvgIpc) is 3.10. The van der Waals surface area contributed by atoms with E-state index in [1.165, 1.54) is 4.52 Å². The molecule has 3 heterocycles. The minimum atomic E-state index is -0.0893. The number of rotatable bonds is 3. The Balaban J connectivity index is 1.76. The molecule has 1 N–H and O–H groups in total. The number of fused-ring (bicyclic) bond motifs is 2. The predicted molar refractivity (Wildman–Crippen MR) is 85.3 cm³/mol. The molecule has 1 aromatic carbocycles. The first kappa shape index (κ1) is 13.9. The molecule has 0 saturated heterocycles. The maximum absolute atomic E-state index is 12.3. The van der Waals surface area contributed by atoms with E-state index in [9.17, 15) is 4.79 Å². The summed E-state index contributed by atoms with van der Waals surface area (Å²) in [5.74, 6) is 1.50. The van der Waals surface area contributed by atoms with E-state index in [1.54, 1.807) is 6.07 Å². The van der Waals surface area contributed by atoms with Gasteiger partial charge >= 0.3 is 0 Å². The number of benzene rings is 1. The number of hydrogen-bond donors (Lipinski definition) is 1. The van der Waals surface area contributed by atoms with Crippen molar-refractivity contribution in [1.29, 1.82) is 0 Å². The van der Waals surface area contributed by atoms with Gasteiger partial charge in [-0.05, 0) is 31.0 Å². The van der Waals surface area contributed by atoms with Crippen molar-refractivity contribution in [3.63, 3.8) is 0 Å². The zero-order valence-electron chi connectivity index (χ0n) is 13.0. The van der Waals surface area contributed by atoms with Crippen molar-refractivity contribution in [3.05, 3.63) is 57.1 Å². The second-order valence-corrected chi connectivity index (χ2v) is 5.68. The van der Waals surface area contributed by atoms with Crippen molar-refractivity contribution in [2.24, 2.45) is 0 Å². The smallest absolute Gasteiger partial charge is 0.272 e. The first-order valence-electron chi connectivity index (χ1n) is 7.64. The molecule has 118 valence electrons. The zero-order chi connectivity index (χ0) is 16.0. The largest absolute Gasteiger partial charge is 0.454 e. The predicted octanol–water partition coefficient (Wildman–Crippen LogP) is 2.21. The lowest BCUT2D eigenvalue weighted by Crippen LogP contribution is -2.16. The third-order valence-electron chi connectivity index (χ3n) is 4.15. The Bertz CT molecular complexity index is 956. The fourth-order valence-electron chi connectivity index (χ4n) is 3.02. The van der Waals surface area contributed by atoms with E-state index >= 15 is 0 Å². The number of H-pyrrole nitrogens is 1. The van der Waals surface area contributed by atoms with E-state index in [-0.39, 0.29) is 12.4 Å². The molecule has 3 aromatic rings. The Morgan fingerprint density at radius 2 is 2.09 bits per heavy atom. The van der Waals surface area contributed by atoms with E-state index < -0.39 is 0 Å². The van der Waals surface area contributed by atoms with Gasteiger partial charge in [0.2, 0.25) is 6.79 Å². The van der Waals surface area contributed by atoms with Gasteiger partial charge in [0.25, 0.3) is 5.56 Å². The highest BCUT2D eigenvalue weighted by Gasteiger charge is 2.15. The summed E-state index contributed by atoms with van der Waals surface area (Å²) in [6.07, 6.45) is 1.41. The van der Waals surface area contributed by atoms with E-state index in [0.29, 0.717) is 12.1 Å². The van der Waals surface area contributed by atoms with Gasteiger partial charge in [0.15, 0.2) is 17.1 Å². The Hall–Kier alpha value is -2.76. The molecule has 2 aromatic heterocycles. The molecule has 0 unspecified atom stereocenters. The summed E-state index contributed by atoms with van der Waals surface area (Å²) in [6, 6.07) is 7.38. The van der Waals surface area contributed by atoms with Crippen LogP contribution >= 0.6 is 0 Å². The standard InChI is InChI=1S/C17H17N3O3/c1-3-13-10(2)19-20-16(21)8-12(18-17(13)20)6-11-4-5-14-15(7-11)23-9-22-14/h4-5,7-8,19H,3,6,9H2,1-2H3. The second kappa shape index (κ2) is 5.15. The van der Waals surface area contributed by atoms with Gasteiger partial charge in [-0.1, -0.05) is 13.0 Å². The van der Waals surface area contributed by atoms with Crippen LogP contribution in [0.5, 0.6) is 11.5 Å². The van der Waals surface area contributed by atoms with E-state index in [2.05, 4.69) is 17.0 Å². The molecular weight excluding hydrogens is 294 g/mol. The summed E-state index contributed by atoms with van der Waals surface area (Å²) in [7, 11) is 0. The molecule has 0 saturated carbocycles. The third kappa shape index (κ3) is 2.27. The number of aromatic nitrogens is 3. The van der Waals surface area contributed by atoms with E-state index in [0.717, 1.165) is 40.4 Å². The van der Waals surface area contributed by atoms with Crippen molar-refractivity contribution in [2.45, 2.75) is 26.7 Å². The number of aryl methyl sites for hydroxylation is 2. The highest BCUT2D eigenvalue weighted by Crippen LogP contribution is 2.32. The van der Waals surface area contributed by atoms with Gasteiger partial charge < -0.3 is 9.47 Å². The van der Waals surface area contributed by atoms with Crippen LogP contribution in [0.4, 0.5) is 0 Å². The van der Waals surface area contributed by atoms with Crippen molar-refractivity contribution < 1.29 is 9.47 Å². The monoisotopic (exact) mass is 311 g/mol. The van der Waals surface area contributed by atoms with Gasteiger partial charge in [-0.25, -0.2) is 9.50 Å². The Morgan fingerprint density at radius 1 is 1.26 bits per heavy atom. The molecule has 0 aliphatic carbocycles. The van der Waals surface area contributed by atoms with Crippen molar-refractivity contribution in [2.75, 3.05) is 6.79 Å². The number of nitrogens with one attached hydrogen (secondary N) is 1. The van der Waals surface area contributed by atoms with Gasteiger partial charge in [-0.15, -0.1) is 0 Å². The van der Waals surface area contributed by atoms with Crippen LogP contribution in [0.15, 0.2) is 29.1 Å². The maximum atomic E-state index is 12.3. The number of nitrogens with zero attached hydrogens (tertiary/aromatic N) is 2. The molecular formula is C17H17N3O3. The number of ether oxygens (including phenoxy) is 2. The highest BCUT2D eigenvalue weighted by atomic mass is 16.7. The normalized spacial score (nSPS) is 13.0. The molecule has 6 nitrogen and oxygen atoms in total. The molecule has 23 heavy (non-hydrogen) atoms.